The Bertz CT molecular complexity index is 614. The highest BCUT2D eigenvalue weighted by Gasteiger charge is 2.26. The van der Waals surface area contributed by atoms with Crippen molar-refractivity contribution in [3.63, 3.8) is 0 Å². The number of benzene rings is 2. The summed E-state index contributed by atoms with van der Waals surface area (Å²) in [5.74, 6) is 0. The normalized spacial score (nSPS) is 19.8. The molecule has 2 aromatic carbocycles. The zero-order valence-electron chi connectivity index (χ0n) is 13.8. The third-order valence-corrected chi connectivity index (χ3v) is 4.92. The molecular weight excluding hydrogens is 284 g/mol. The molecule has 1 fully saturated rings. The second-order valence-electron chi connectivity index (χ2n) is 6.37. The average molecular weight is 310 g/mol. The average Bonchev–Trinajstić information content (AvgIpc) is 3.09. The number of aliphatic hydroxyl groups is 1. The summed E-state index contributed by atoms with van der Waals surface area (Å²) in [5, 5.41) is 13.1. The van der Waals surface area contributed by atoms with Crippen molar-refractivity contribution in [3.05, 3.63) is 71.3 Å². The van der Waals surface area contributed by atoms with E-state index in [0.717, 1.165) is 25.2 Å². The van der Waals surface area contributed by atoms with Crippen molar-refractivity contribution in [3.8, 4) is 0 Å². The van der Waals surface area contributed by atoms with Crippen molar-refractivity contribution in [2.75, 3.05) is 13.1 Å². The fourth-order valence-corrected chi connectivity index (χ4v) is 3.39. The first-order valence-electron chi connectivity index (χ1n) is 8.48. The third-order valence-electron chi connectivity index (χ3n) is 4.92. The Balaban J connectivity index is 1.54. The molecule has 1 aliphatic heterocycles. The number of hydrogen-bond acceptors (Lipinski definition) is 3. The minimum Gasteiger partial charge on any atom is -0.392 e. The molecule has 3 heteroatoms. The van der Waals surface area contributed by atoms with Gasteiger partial charge in [-0.15, -0.1) is 0 Å². The van der Waals surface area contributed by atoms with Crippen LogP contribution in [0.5, 0.6) is 0 Å². The molecule has 122 valence electrons. The molecule has 0 spiro atoms. The van der Waals surface area contributed by atoms with Gasteiger partial charge in [-0.2, -0.15) is 0 Å². The van der Waals surface area contributed by atoms with Crippen molar-refractivity contribution in [2.45, 2.75) is 38.6 Å². The topological polar surface area (TPSA) is 35.5 Å². The number of nitrogens with zero attached hydrogens (tertiary/aromatic N) is 1. The number of hydrogen-bond donors (Lipinski definition) is 2. The van der Waals surface area contributed by atoms with Crippen molar-refractivity contribution in [1.82, 2.24) is 10.2 Å². The third kappa shape index (κ3) is 3.99. The molecule has 0 radical (unpaired) electrons. The summed E-state index contributed by atoms with van der Waals surface area (Å²) in [5.41, 5.74) is 3.61. The first-order chi connectivity index (χ1) is 11.3. The molecule has 0 amide bonds. The van der Waals surface area contributed by atoms with Crippen LogP contribution >= 0.6 is 0 Å². The van der Waals surface area contributed by atoms with E-state index in [1.165, 1.54) is 17.5 Å². The van der Waals surface area contributed by atoms with Crippen LogP contribution in [0, 0.1) is 0 Å². The molecule has 2 aromatic rings. The van der Waals surface area contributed by atoms with Gasteiger partial charge in [-0.1, -0.05) is 54.6 Å². The Morgan fingerprint density at radius 3 is 2.52 bits per heavy atom. The summed E-state index contributed by atoms with van der Waals surface area (Å²) in [7, 11) is 0. The van der Waals surface area contributed by atoms with E-state index in [4.69, 9.17) is 0 Å². The van der Waals surface area contributed by atoms with E-state index in [1.54, 1.807) is 0 Å². The lowest BCUT2D eigenvalue weighted by Gasteiger charge is -2.25. The SMILES string of the molecule is CC(c1ccccc1)N1CCC(NCc2ccccc2CO)C1. The van der Waals surface area contributed by atoms with Gasteiger partial charge < -0.3 is 10.4 Å². The van der Waals surface area contributed by atoms with Gasteiger partial charge in [0, 0.05) is 31.7 Å². The number of nitrogens with one attached hydrogen (secondary N) is 1. The van der Waals surface area contributed by atoms with Crippen LogP contribution in [0.4, 0.5) is 0 Å². The van der Waals surface area contributed by atoms with Gasteiger partial charge in [0.2, 0.25) is 0 Å². The van der Waals surface area contributed by atoms with Crippen molar-refractivity contribution < 1.29 is 5.11 Å². The van der Waals surface area contributed by atoms with E-state index >= 15 is 0 Å². The lowest BCUT2D eigenvalue weighted by atomic mass is 10.1. The molecule has 23 heavy (non-hydrogen) atoms. The minimum absolute atomic E-state index is 0.111. The summed E-state index contributed by atoms with van der Waals surface area (Å²) < 4.78 is 0. The predicted octanol–water partition coefficient (Wildman–Crippen LogP) is 3.10. The lowest BCUT2D eigenvalue weighted by molar-refractivity contribution is 0.255. The number of aliphatic hydroxyl groups excluding tert-OH is 1. The van der Waals surface area contributed by atoms with E-state index in [0.29, 0.717) is 12.1 Å². The molecule has 2 N–H and O–H groups in total. The standard InChI is InChI=1S/C20H26N2O/c1-16(17-7-3-2-4-8-17)22-12-11-20(14-22)21-13-18-9-5-6-10-19(18)15-23/h2-10,16,20-21,23H,11-15H2,1H3. The molecular formula is C20H26N2O. The summed E-state index contributed by atoms with van der Waals surface area (Å²) in [6.45, 7) is 5.44. The molecule has 1 aliphatic rings. The fourth-order valence-electron chi connectivity index (χ4n) is 3.39. The summed E-state index contributed by atoms with van der Waals surface area (Å²) in [6, 6.07) is 19.8. The molecule has 0 aliphatic carbocycles. The molecule has 0 saturated carbocycles. The molecule has 3 nitrogen and oxygen atoms in total. The van der Waals surface area contributed by atoms with E-state index < -0.39 is 0 Å². The van der Waals surface area contributed by atoms with E-state index in [9.17, 15) is 5.11 Å². The quantitative estimate of drug-likeness (QED) is 0.860. The van der Waals surface area contributed by atoms with Gasteiger partial charge in [0.05, 0.1) is 6.61 Å². The number of rotatable bonds is 6. The highest BCUT2D eigenvalue weighted by atomic mass is 16.3. The van der Waals surface area contributed by atoms with Crippen LogP contribution in [0.1, 0.15) is 36.1 Å². The Labute approximate surface area is 139 Å². The smallest absolute Gasteiger partial charge is 0.0685 e. The van der Waals surface area contributed by atoms with Gasteiger partial charge in [-0.05, 0) is 30.0 Å². The van der Waals surface area contributed by atoms with Gasteiger partial charge in [0.15, 0.2) is 0 Å². The zero-order valence-corrected chi connectivity index (χ0v) is 13.8. The molecule has 0 aromatic heterocycles. The van der Waals surface area contributed by atoms with Gasteiger partial charge in [0.1, 0.15) is 0 Å². The first kappa shape index (κ1) is 16.2. The molecule has 3 rings (SSSR count). The summed E-state index contributed by atoms with van der Waals surface area (Å²) in [6.07, 6.45) is 1.18. The molecule has 2 unspecified atom stereocenters. The summed E-state index contributed by atoms with van der Waals surface area (Å²) in [4.78, 5) is 2.55. The Hall–Kier alpha value is -1.68. The Morgan fingerprint density at radius 1 is 1.09 bits per heavy atom. The summed E-state index contributed by atoms with van der Waals surface area (Å²) >= 11 is 0. The van der Waals surface area contributed by atoms with Crippen LogP contribution in [0.15, 0.2) is 54.6 Å². The van der Waals surface area contributed by atoms with Crippen LogP contribution in [-0.4, -0.2) is 29.1 Å². The first-order valence-corrected chi connectivity index (χ1v) is 8.48. The monoisotopic (exact) mass is 310 g/mol. The van der Waals surface area contributed by atoms with Gasteiger partial charge >= 0.3 is 0 Å². The van der Waals surface area contributed by atoms with Gasteiger partial charge in [-0.25, -0.2) is 0 Å². The minimum atomic E-state index is 0.111. The number of likely N-dealkylation sites (tertiary alicyclic amines) is 1. The van der Waals surface area contributed by atoms with Gasteiger partial charge in [0.25, 0.3) is 0 Å². The van der Waals surface area contributed by atoms with Crippen LogP contribution in [-0.2, 0) is 13.2 Å². The maximum absolute atomic E-state index is 9.42. The largest absolute Gasteiger partial charge is 0.392 e. The van der Waals surface area contributed by atoms with Crippen molar-refractivity contribution in [2.24, 2.45) is 0 Å². The van der Waals surface area contributed by atoms with Crippen LogP contribution in [0.25, 0.3) is 0 Å². The van der Waals surface area contributed by atoms with Gasteiger partial charge in [-0.3, -0.25) is 4.90 Å². The Kier molecular flexibility index (Phi) is 5.44. The van der Waals surface area contributed by atoms with Crippen molar-refractivity contribution in [1.29, 1.82) is 0 Å². The van der Waals surface area contributed by atoms with Crippen LogP contribution in [0.2, 0.25) is 0 Å². The highest BCUT2D eigenvalue weighted by Crippen LogP contribution is 2.24. The van der Waals surface area contributed by atoms with Crippen LogP contribution in [0.3, 0.4) is 0 Å². The molecule has 1 heterocycles. The van der Waals surface area contributed by atoms with Crippen LogP contribution < -0.4 is 5.32 Å². The maximum atomic E-state index is 9.42. The van der Waals surface area contributed by atoms with Crippen molar-refractivity contribution >= 4 is 0 Å². The molecule has 1 saturated heterocycles. The highest BCUT2D eigenvalue weighted by molar-refractivity contribution is 5.26. The van der Waals surface area contributed by atoms with E-state index in [-0.39, 0.29) is 6.61 Å². The van der Waals surface area contributed by atoms with E-state index in [1.807, 2.05) is 18.2 Å². The fraction of sp³-hybridized carbons (Fsp3) is 0.400. The second-order valence-corrected chi connectivity index (χ2v) is 6.37. The predicted molar refractivity (Wildman–Crippen MR) is 94.0 cm³/mol. The molecule has 2 atom stereocenters. The Morgan fingerprint density at radius 2 is 1.78 bits per heavy atom. The van der Waals surface area contributed by atoms with E-state index in [2.05, 4.69) is 53.5 Å². The zero-order chi connectivity index (χ0) is 16.1. The lowest BCUT2D eigenvalue weighted by Crippen LogP contribution is -2.33. The molecule has 0 bridgehead atoms. The second kappa shape index (κ2) is 7.73. The maximum Gasteiger partial charge on any atom is 0.0685 e.